The lowest BCUT2D eigenvalue weighted by molar-refractivity contribution is -0.122. The number of rotatable bonds is 2. The van der Waals surface area contributed by atoms with E-state index in [9.17, 15) is 13.2 Å². The van der Waals surface area contributed by atoms with E-state index in [-0.39, 0.29) is 10.8 Å². The summed E-state index contributed by atoms with van der Waals surface area (Å²) in [5.74, 6) is -0.0419. The highest BCUT2D eigenvalue weighted by atomic mass is 35.7. The van der Waals surface area contributed by atoms with E-state index in [1.54, 1.807) is 7.05 Å². The second-order valence-corrected chi connectivity index (χ2v) is 6.51. The molecule has 5 nitrogen and oxygen atoms in total. The van der Waals surface area contributed by atoms with Crippen molar-refractivity contribution in [2.45, 2.75) is 17.2 Å². The largest absolute Gasteiger partial charge is 0.493 e. The number of carbonyl (C=O) groups is 1. The predicted octanol–water partition coefficient (Wildman–Crippen LogP) is 1.23. The number of carbonyl (C=O) groups excluding carboxylic acids is 1. The van der Waals surface area contributed by atoms with E-state index in [1.807, 2.05) is 0 Å². The third kappa shape index (κ3) is 2.44. The summed E-state index contributed by atoms with van der Waals surface area (Å²) >= 11 is 0. The second kappa shape index (κ2) is 4.78. The summed E-state index contributed by atoms with van der Waals surface area (Å²) in [6, 6.07) is 4.30. The fraction of sp³-hybridized carbons (Fsp3) is 0.364. The molecule has 18 heavy (non-hydrogen) atoms. The number of benzene rings is 1. The Morgan fingerprint density at radius 3 is 2.83 bits per heavy atom. The van der Waals surface area contributed by atoms with Crippen molar-refractivity contribution in [1.82, 2.24) is 5.32 Å². The van der Waals surface area contributed by atoms with Gasteiger partial charge in [-0.3, -0.25) is 4.79 Å². The molecule has 0 radical (unpaired) electrons. The molecule has 1 aliphatic rings. The highest BCUT2D eigenvalue weighted by Gasteiger charge is 2.28. The predicted molar refractivity (Wildman–Crippen MR) is 66.4 cm³/mol. The summed E-state index contributed by atoms with van der Waals surface area (Å²) in [4.78, 5) is 11.7. The maximum absolute atomic E-state index is 11.7. The van der Waals surface area contributed by atoms with Crippen LogP contribution in [0.15, 0.2) is 23.1 Å². The molecule has 0 aliphatic carbocycles. The molecule has 1 aliphatic heterocycles. The molecular weight excluding hydrogens is 278 g/mol. The van der Waals surface area contributed by atoms with Crippen LogP contribution < -0.4 is 10.1 Å². The lowest BCUT2D eigenvalue weighted by atomic mass is 9.92. The number of halogens is 1. The summed E-state index contributed by atoms with van der Waals surface area (Å²) in [5.41, 5.74) is 0.558. The third-order valence-electron chi connectivity index (χ3n) is 2.87. The molecule has 0 bridgehead atoms. The minimum atomic E-state index is -3.81. The van der Waals surface area contributed by atoms with Gasteiger partial charge in [-0.1, -0.05) is 0 Å². The minimum Gasteiger partial charge on any atom is -0.493 e. The van der Waals surface area contributed by atoms with Crippen LogP contribution in [0.2, 0.25) is 0 Å². The zero-order valence-electron chi connectivity index (χ0n) is 9.64. The molecule has 2 rings (SSSR count). The SMILES string of the molecule is CNC(=O)C1CCOc2ccc(S(=O)(=O)Cl)cc21. The van der Waals surface area contributed by atoms with Crippen LogP contribution in [0.3, 0.4) is 0 Å². The van der Waals surface area contributed by atoms with Crippen molar-refractivity contribution in [1.29, 1.82) is 0 Å². The van der Waals surface area contributed by atoms with Gasteiger partial charge in [-0.25, -0.2) is 8.42 Å². The number of likely N-dealkylation sites (N-methyl/N-ethyl adjacent to an activating group) is 1. The van der Waals surface area contributed by atoms with Gasteiger partial charge < -0.3 is 10.1 Å². The quantitative estimate of drug-likeness (QED) is 0.831. The molecule has 1 heterocycles. The molecule has 1 unspecified atom stereocenters. The van der Waals surface area contributed by atoms with Gasteiger partial charge in [-0.2, -0.15) is 0 Å². The summed E-state index contributed by atoms with van der Waals surface area (Å²) < 4.78 is 28.0. The van der Waals surface area contributed by atoms with Crippen LogP contribution in [0.4, 0.5) is 0 Å². The minimum absolute atomic E-state index is 0.0256. The lowest BCUT2D eigenvalue weighted by Crippen LogP contribution is -2.29. The molecule has 98 valence electrons. The summed E-state index contributed by atoms with van der Waals surface area (Å²) in [6.45, 7) is 0.429. The van der Waals surface area contributed by atoms with Crippen LogP contribution >= 0.6 is 10.7 Å². The van der Waals surface area contributed by atoms with E-state index in [0.717, 1.165) is 0 Å². The van der Waals surface area contributed by atoms with Gasteiger partial charge in [0.15, 0.2) is 0 Å². The Labute approximate surface area is 110 Å². The molecule has 0 aromatic heterocycles. The number of hydrogen-bond acceptors (Lipinski definition) is 4. The van der Waals surface area contributed by atoms with Gasteiger partial charge in [0.05, 0.1) is 17.4 Å². The number of ether oxygens (including phenoxy) is 1. The lowest BCUT2D eigenvalue weighted by Gasteiger charge is -2.24. The van der Waals surface area contributed by atoms with Crippen molar-refractivity contribution in [3.63, 3.8) is 0 Å². The van der Waals surface area contributed by atoms with Crippen LogP contribution in [0.1, 0.15) is 17.9 Å². The Kier molecular flexibility index (Phi) is 3.49. The summed E-state index contributed by atoms with van der Waals surface area (Å²) in [6.07, 6.45) is 0.512. The van der Waals surface area contributed by atoms with Crippen molar-refractivity contribution in [3.8, 4) is 5.75 Å². The first-order valence-corrected chi connectivity index (χ1v) is 7.67. The van der Waals surface area contributed by atoms with E-state index >= 15 is 0 Å². The normalized spacial score (nSPS) is 18.7. The van der Waals surface area contributed by atoms with Crippen molar-refractivity contribution in [3.05, 3.63) is 23.8 Å². The van der Waals surface area contributed by atoms with E-state index in [4.69, 9.17) is 15.4 Å². The molecule has 1 N–H and O–H groups in total. The molecular formula is C11H12ClNO4S. The summed E-state index contributed by atoms with van der Waals surface area (Å²) in [7, 11) is 3.03. The molecule has 0 spiro atoms. The van der Waals surface area contributed by atoms with Crippen LogP contribution in [-0.4, -0.2) is 28.0 Å². The van der Waals surface area contributed by atoms with Gasteiger partial charge in [-0.15, -0.1) is 0 Å². The van der Waals surface area contributed by atoms with Crippen LogP contribution in [0.25, 0.3) is 0 Å². The zero-order valence-corrected chi connectivity index (χ0v) is 11.2. The van der Waals surface area contributed by atoms with Crippen LogP contribution in [0, 0.1) is 0 Å². The van der Waals surface area contributed by atoms with Crippen molar-refractivity contribution < 1.29 is 17.9 Å². The smallest absolute Gasteiger partial charge is 0.261 e. The number of fused-ring (bicyclic) bond motifs is 1. The first kappa shape index (κ1) is 13.2. The first-order chi connectivity index (χ1) is 8.43. The monoisotopic (exact) mass is 289 g/mol. The van der Waals surface area contributed by atoms with E-state index in [0.29, 0.717) is 24.3 Å². The number of hydrogen-bond donors (Lipinski definition) is 1. The first-order valence-electron chi connectivity index (χ1n) is 5.36. The Bertz CT molecular complexity index is 585. The average molecular weight is 290 g/mol. The molecule has 7 heteroatoms. The Morgan fingerprint density at radius 2 is 2.22 bits per heavy atom. The average Bonchev–Trinajstić information content (AvgIpc) is 2.35. The van der Waals surface area contributed by atoms with E-state index in [1.165, 1.54) is 18.2 Å². The van der Waals surface area contributed by atoms with Crippen LogP contribution in [0.5, 0.6) is 5.75 Å². The molecule has 1 aromatic carbocycles. The molecule has 1 atom stereocenters. The Morgan fingerprint density at radius 1 is 1.50 bits per heavy atom. The fourth-order valence-electron chi connectivity index (χ4n) is 1.97. The van der Waals surface area contributed by atoms with Gasteiger partial charge in [0.1, 0.15) is 5.75 Å². The highest BCUT2D eigenvalue weighted by Crippen LogP contribution is 2.35. The molecule has 1 aromatic rings. The molecule has 0 fully saturated rings. The molecule has 0 saturated carbocycles. The van der Waals surface area contributed by atoms with Crippen molar-refractivity contribution in [2.24, 2.45) is 0 Å². The Balaban J connectivity index is 2.51. The van der Waals surface area contributed by atoms with E-state index < -0.39 is 15.0 Å². The number of amides is 1. The topological polar surface area (TPSA) is 72.5 Å². The van der Waals surface area contributed by atoms with Gasteiger partial charge in [0.25, 0.3) is 9.05 Å². The van der Waals surface area contributed by atoms with Crippen molar-refractivity contribution >= 4 is 25.6 Å². The second-order valence-electron chi connectivity index (χ2n) is 3.94. The van der Waals surface area contributed by atoms with Gasteiger partial charge in [0, 0.05) is 23.3 Å². The highest BCUT2D eigenvalue weighted by molar-refractivity contribution is 8.13. The van der Waals surface area contributed by atoms with Crippen molar-refractivity contribution in [2.75, 3.05) is 13.7 Å². The summed E-state index contributed by atoms with van der Waals surface area (Å²) in [5, 5.41) is 2.56. The zero-order chi connectivity index (χ0) is 13.3. The van der Waals surface area contributed by atoms with Gasteiger partial charge in [0.2, 0.25) is 5.91 Å². The van der Waals surface area contributed by atoms with Gasteiger partial charge in [-0.05, 0) is 24.6 Å². The van der Waals surface area contributed by atoms with Gasteiger partial charge >= 0.3 is 0 Å². The Hall–Kier alpha value is -1.27. The molecule has 1 amide bonds. The standard InChI is InChI=1S/C11H12ClNO4S/c1-13-11(14)8-4-5-17-10-3-2-7(6-9(8)10)18(12,15)16/h2-3,6,8H,4-5H2,1H3,(H,13,14). The van der Waals surface area contributed by atoms with E-state index in [2.05, 4.69) is 5.32 Å². The maximum atomic E-state index is 11.7. The maximum Gasteiger partial charge on any atom is 0.261 e. The fourth-order valence-corrected chi connectivity index (χ4v) is 2.76. The molecule has 0 saturated heterocycles. The number of nitrogens with one attached hydrogen (secondary N) is 1. The third-order valence-corrected chi connectivity index (χ3v) is 4.22. The van der Waals surface area contributed by atoms with Crippen LogP contribution in [-0.2, 0) is 13.8 Å².